The zero-order valence-electron chi connectivity index (χ0n) is 12.7. The minimum atomic E-state index is -1.23. The molecule has 0 fully saturated rings. The van der Waals surface area contributed by atoms with Gasteiger partial charge in [-0.25, -0.2) is 9.59 Å². The molecule has 0 heterocycles. The summed E-state index contributed by atoms with van der Waals surface area (Å²) in [6.45, 7) is 2.01. The maximum absolute atomic E-state index is 11.7. The van der Waals surface area contributed by atoms with E-state index in [9.17, 15) is 14.7 Å². The van der Waals surface area contributed by atoms with Crippen molar-refractivity contribution in [2.75, 3.05) is 0 Å². The topological polar surface area (TPSA) is 75.6 Å². The van der Waals surface area contributed by atoms with Gasteiger partial charge in [0.05, 0.1) is 0 Å². The van der Waals surface area contributed by atoms with Crippen molar-refractivity contribution in [3.05, 3.63) is 77.0 Å². The number of hydrogen-bond acceptors (Lipinski definition) is 3. The molecular formula is C18H17NO4. The van der Waals surface area contributed by atoms with Gasteiger partial charge < -0.3 is 9.84 Å². The van der Waals surface area contributed by atoms with Crippen LogP contribution < -0.4 is 5.32 Å². The summed E-state index contributed by atoms with van der Waals surface area (Å²) in [5, 5.41) is 11.4. The summed E-state index contributed by atoms with van der Waals surface area (Å²) in [5.41, 5.74) is 2.32. The molecule has 0 spiro atoms. The Balaban J connectivity index is 2.00. The van der Waals surface area contributed by atoms with Crippen molar-refractivity contribution in [2.24, 2.45) is 0 Å². The summed E-state index contributed by atoms with van der Waals surface area (Å²) in [5.74, 6) is -1.23. The molecule has 0 aliphatic heterocycles. The highest BCUT2D eigenvalue weighted by atomic mass is 16.5. The molecule has 118 valence electrons. The molecule has 0 aliphatic carbocycles. The number of alkyl carbamates (subject to hydrolysis) is 1. The van der Waals surface area contributed by atoms with E-state index in [4.69, 9.17) is 4.74 Å². The molecule has 0 aromatic heterocycles. The smallest absolute Gasteiger partial charge is 0.412 e. The van der Waals surface area contributed by atoms with Crippen LogP contribution in [-0.4, -0.2) is 17.2 Å². The molecule has 0 atom stereocenters. The molecule has 5 heteroatoms. The summed E-state index contributed by atoms with van der Waals surface area (Å²) in [6.07, 6.45) is 0.570. The van der Waals surface area contributed by atoms with Gasteiger partial charge in [-0.1, -0.05) is 60.2 Å². The van der Waals surface area contributed by atoms with Gasteiger partial charge in [0, 0.05) is 0 Å². The zero-order valence-corrected chi connectivity index (χ0v) is 12.7. The minimum Gasteiger partial charge on any atom is -0.477 e. The maximum Gasteiger partial charge on any atom is 0.412 e. The first kappa shape index (κ1) is 16.3. The Morgan fingerprint density at radius 2 is 1.74 bits per heavy atom. The normalized spacial score (nSPS) is 10.9. The predicted molar refractivity (Wildman–Crippen MR) is 86.6 cm³/mol. The molecule has 0 unspecified atom stereocenters. The summed E-state index contributed by atoms with van der Waals surface area (Å²) >= 11 is 0. The second-order valence-electron chi connectivity index (χ2n) is 4.96. The summed E-state index contributed by atoms with van der Waals surface area (Å²) < 4.78 is 5.01. The van der Waals surface area contributed by atoms with Crippen molar-refractivity contribution >= 4 is 18.1 Å². The number of nitrogens with one attached hydrogen (secondary N) is 1. The molecule has 1 amide bonds. The lowest BCUT2D eigenvalue weighted by molar-refractivity contribution is -0.132. The van der Waals surface area contributed by atoms with E-state index < -0.39 is 12.1 Å². The van der Waals surface area contributed by atoms with Crippen molar-refractivity contribution in [3.8, 4) is 0 Å². The van der Waals surface area contributed by atoms with E-state index in [2.05, 4.69) is 5.32 Å². The third-order valence-electron chi connectivity index (χ3n) is 3.07. The van der Waals surface area contributed by atoms with E-state index in [1.165, 1.54) is 6.08 Å². The first-order valence-electron chi connectivity index (χ1n) is 7.04. The number of carboxylic acids is 1. The third-order valence-corrected chi connectivity index (χ3v) is 3.07. The Kier molecular flexibility index (Phi) is 5.52. The van der Waals surface area contributed by atoms with Gasteiger partial charge in [-0.3, -0.25) is 5.32 Å². The van der Waals surface area contributed by atoms with E-state index in [0.29, 0.717) is 5.56 Å². The lowest BCUT2D eigenvalue weighted by Gasteiger charge is -2.08. The molecule has 2 aromatic rings. The second-order valence-corrected chi connectivity index (χ2v) is 4.96. The zero-order chi connectivity index (χ0) is 16.7. The van der Waals surface area contributed by atoms with Gasteiger partial charge in [-0.05, 0) is 24.1 Å². The molecule has 2 N–H and O–H groups in total. The number of hydrogen-bond donors (Lipinski definition) is 2. The average molecular weight is 311 g/mol. The van der Waals surface area contributed by atoms with Crippen LogP contribution in [0.2, 0.25) is 0 Å². The molecule has 2 rings (SSSR count). The fourth-order valence-corrected chi connectivity index (χ4v) is 1.85. The molecule has 0 radical (unpaired) electrons. The van der Waals surface area contributed by atoms with Crippen molar-refractivity contribution in [2.45, 2.75) is 13.5 Å². The van der Waals surface area contributed by atoms with E-state index in [1.54, 1.807) is 12.1 Å². The first-order chi connectivity index (χ1) is 11.0. The van der Waals surface area contributed by atoms with E-state index in [0.717, 1.165) is 11.1 Å². The number of carbonyl (C=O) groups is 2. The van der Waals surface area contributed by atoms with Gasteiger partial charge in [-0.15, -0.1) is 0 Å². The van der Waals surface area contributed by atoms with Gasteiger partial charge in [0.1, 0.15) is 12.3 Å². The summed E-state index contributed by atoms with van der Waals surface area (Å²) in [7, 11) is 0. The first-order valence-corrected chi connectivity index (χ1v) is 7.04. The molecular weight excluding hydrogens is 294 g/mol. The van der Waals surface area contributed by atoms with Crippen molar-refractivity contribution in [1.29, 1.82) is 0 Å². The summed E-state index contributed by atoms with van der Waals surface area (Å²) in [6, 6.07) is 16.4. The lowest BCUT2D eigenvalue weighted by Crippen LogP contribution is -2.27. The number of ether oxygens (including phenoxy) is 1. The number of amides is 1. The van der Waals surface area contributed by atoms with Crippen molar-refractivity contribution in [3.63, 3.8) is 0 Å². The van der Waals surface area contributed by atoms with Crippen LogP contribution in [0.15, 0.2) is 60.3 Å². The van der Waals surface area contributed by atoms with Gasteiger partial charge in [0.25, 0.3) is 0 Å². The average Bonchev–Trinajstić information content (AvgIpc) is 2.55. The number of carbonyl (C=O) groups excluding carboxylic acids is 1. The fraction of sp³-hybridized carbons (Fsp3) is 0.111. The van der Waals surface area contributed by atoms with Crippen LogP contribution in [0.4, 0.5) is 4.79 Å². The van der Waals surface area contributed by atoms with Crippen LogP contribution in [0, 0.1) is 6.92 Å². The van der Waals surface area contributed by atoms with Gasteiger partial charge in [0.2, 0.25) is 0 Å². The Hall–Kier alpha value is -3.08. The highest BCUT2D eigenvalue weighted by Crippen LogP contribution is 2.08. The van der Waals surface area contributed by atoms with Crippen LogP contribution >= 0.6 is 0 Å². The van der Waals surface area contributed by atoms with Crippen LogP contribution in [0.5, 0.6) is 0 Å². The molecule has 0 saturated heterocycles. The van der Waals surface area contributed by atoms with E-state index >= 15 is 0 Å². The Bertz CT molecular complexity index is 706. The Morgan fingerprint density at radius 1 is 1.09 bits per heavy atom. The standard InChI is InChI=1S/C18H17NO4/c1-13-7-9-14(10-8-13)11-16(17(20)21)19-18(22)23-12-15-5-3-2-4-6-15/h2-11H,12H2,1H3,(H,19,22)(H,20,21). The number of rotatable bonds is 5. The molecule has 0 saturated carbocycles. The molecule has 0 aliphatic rings. The number of carboxylic acid groups (broad SMARTS) is 1. The van der Waals surface area contributed by atoms with Crippen LogP contribution in [0.25, 0.3) is 6.08 Å². The van der Waals surface area contributed by atoms with Gasteiger partial charge >= 0.3 is 12.1 Å². The van der Waals surface area contributed by atoms with Crippen molar-refractivity contribution < 1.29 is 19.4 Å². The SMILES string of the molecule is Cc1ccc(C=C(NC(=O)OCc2ccccc2)C(=O)O)cc1. The minimum absolute atomic E-state index is 0.0735. The molecule has 23 heavy (non-hydrogen) atoms. The predicted octanol–water partition coefficient (Wildman–Crippen LogP) is 3.35. The highest BCUT2D eigenvalue weighted by molar-refractivity contribution is 5.95. The van der Waals surface area contributed by atoms with Crippen LogP contribution in [-0.2, 0) is 16.1 Å². The summed E-state index contributed by atoms with van der Waals surface area (Å²) in [4.78, 5) is 23.0. The largest absolute Gasteiger partial charge is 0.477 e. The van der Waals surface area contributed by atoms with E-state index in [1.807, 2.05) is 49.4 Å². The number of aliphatic carboxylic acids is 1. The van der Waals surface area contributed by atoms with Crippen molar-refractivity contribution in [1.82, 2.24) is 5.32 Å². The molecule has 2 aromatic carbocycles. The van der Waals surface area contributed by atoms with Crippen LogP contribution in [0.1, 0.15) is 16.7 Å². The van der Waals surface area contributed by atoms with Crippen LogP contribution in [0.3, 0.4) is 0 Å². The van der Waals surface area contributed by atoms with Gasteiger partial charge in [-0.2, -0.15) is 0 Å². The maximum atomic E-state index is 11.7. The quantitative estimate of drug-likeness (QED) is 0.830. The fourth-order valence-electron chi connectivity index (χ4n) is 1.85. The lowest BCUT2D eigenvalue weighted by atomic mass is 10.1. The molecule has 5 nitrogen and oxygen atoms in total. The Labute approximate surface area is 134 Å². The highest BCUT2D eigenvalue weighted by Gasteiger charge is 2.12. The Morgan fingerprint density at radius 3 is 2.35 bits per heavy atom. The third kappa shape index (κ3) is 5.32. The number of aryl methyl sites for hydroxylation is 1. The van der Waals surface area contributed by atoms with Gasteiger partial charge in [0.15, 0.2) is 0 Å². The van der Waals surface area contributed by atoms with E-state index in [-0.39, 0.29) is 12.3 Å². The number of benzene rings is 2. The second kappa shape index (κ2) is 7.79. The molecule has 0 bridgehead atoms. The monoisotopic (exact) mass is 311 g/mol.